The highest BCUT2D eigenvalue weighted by atomic mass is 16.2. The molecule has 154 valence electrons. The van der Waals surface area contributed by atoms with Gasteiger partial charge >= 0.3 is 0 Å². The Morgan fingerprint density at radius 2 is 1.52 bits per heavy atom. The van der Waals surface area contributed by atoms with Crippen LogP contribution in [0.1, 0.15) is 49.7 Å². The van der Waals surface area contributed by atoms with Crippen LogP contribution in [0.15, 0.2) is 60.7 Å². The highest BCUT2D eigenvalue weighted by Crippen LogP contribution is 2.26. The number of nitrogens with zero attached hydrogens (tertiary/aromatic N) is 1. The van der Waals surface area contributed by atoms with Crippen LogP contribution in [0, 0.1) is 5.92 Å². The lowest BCUT2D eigenvalue weighted by atomic mass is 9.87. The Kier molecular flexibility index (Phi) is 7.85. The highest BCUT2D eigenvalue weighted by Gasteiger charge is 2.26. The number of hydrogen-bond donors (Lipinski definition) is 1. The fourth-order valence-corrected chi connectivity index (χ4v) is 4.16. The Bertz CT molecular complexity index is 770. The van der Waals surface area contributed by atoms with Crippen molar-refractivity contribution in [3.8, 4) is 0 Å². The first-order valence-electron chi connectivity index (χ1n) is 10.7. The predicted octanol–water partition coefficient (Wildman–Crippen LogP) is 4.34. The van der Waals surface area contributed by atoms with Gasteiger partial charge in [0.15, 0.2) is 0 Å². The predicted molar refractivity (Wildman–Crippen MR) is 116 cm³/mol. The molecule has 0 aliphatic heterocycles. The Labute approximate surface area is 174 Å². The van der Waals surface area contributed by atoms with Crippen LogP contribution in [0.2, 0.25) is 0 Å². The highest BCUT2D eigenvalue weighted by molar-refractivity contribution is 5.87. The number of benzene rings is 2. The second kappa shape index (κ2) is 10.8. The summed E-state index contributed by atoms with van der Waals surface area (Å²) in [7, 11) is 1.81. The second-order valence-electron chi connectivity index (χ2n) is 8.20. The largest absolute Gasteiger partial charge is 0.344 e. The zero-order valence-corrected chi connectivity index (χ0v) is 17.3. The molecular formula is C25H32N2O2. The van der Waals surface area contributed by atoms with Crippen molar-refractivity contribution in [3.05, 3.63) is 71.8 Å². The summed E-state index contributed by atoms with van der Waals surface area (Å²) in [5.41, 5.74) is 2.13. The van der Waals surface area contributed by atoms with Gasteiger partial charge in [0, 0.05) is 26.4 Å². The van der Waals surface area contributed by atoms with E-state index in [1.54, 1.807) is 11.9 Å². The first-order valence-corrected chi connectivity index (χ1v) is 10.7. The summed E-state index contributed by atoms with van der Waals surface area (Å²) in [5, 5.41) is 3.05. The summed E-state index contributed by atoms with van der Waals surface area (Å²) in [6.45, 7) is 0.531. The molecule has 0 saturated heterocycles. The SMILES string of the molecule is CN(Cc1ccccc1)C(=O)[C@H](Cc1ccccc1)NC(=O)CC1CCCCC1. The maximum Gasteiger partial charge on any atom is 0.245 e. The molecule has 2 aromatic carbocycles. The molecule has 4 heteroatoms. The quantitative estimate of drug-likeness (QED) is 0.726. The summed E-state index contributed by atoms with van der Waals surface area (Å²) < 4.78 is 0. The molecular weight excluding hydrogens is 360 g/mol. The van der Waals surface area contributed by atoms with Gasteiger partial charge in [-0.3, -0.25) is 9.59 Å². The van der Waals surface area contributed by atoms with Crippen molar-refractivity contribution in [1.29, 1.82) is 0 Å². The molecule has 0 heterocycles. The summed E-state index contributed by atoms with van der Waals surface area (Å²) in [6, 6.07) is 19.3. The van der Waals surface area contributed by atoms with Crippen LogP contribution in [-0.2, 0) is 22.6 Å². The van der Waals surface area contributed by atoms with Gasteiger partial charge in [0.1, 0.15) is 6.04 Å². The lowest BCUT2D eigenvalue weighted by molar-refractivity contribution is -0.136. The van der Waals surface area contributed by atoms with E-state index in [0.717, 1.165) is 24.0 Å². The van der Waals surface area contributed by atoms with Crippen LogP contribution in [0.25, 0.3) is 0 Å². The number of rotatable bonds is 8. The number of nitrogens with one attached hydrogen (secondary N) is 1. The van der Waals surface area contributed by atoms with Crippen molar-refractivity contribution in [2.24, 2.45) is 5.92 Å². The average molecular weight is 393 g/mol. The molecule has 2 aromatic rings. The van der Waals surface area contributed by atoms with Gasteiger partial charge in [0.05, 0.1) is 0 Å². The van der Waals surface area contributed by atoms with Crippen LogP contribution in [0.5, 0.6) is 0 Å². The van der Waals surface area contributed by atoms with Gasteiger partial charge in [-0.2, -0.15) is 0 Å². The maximum absolute atomic E-state index is 13.2. The third kappa shape index (κ3) is 6.74. The smallest absolute Gasteiger partial charge is 0.245 e. The minimum Gasteiger partial charge on any atom is -0.344 e. The molecule has 0 aromatic heterocycles. The fraction of sp³-hybridized carbons (Fsp3) is 0.440. The topological polar surface area (TPSA) is 49.4 Å². The van der Waals surface area contributed by atoms with E-state index in [1.807, 2.05) is 60.7 Å². The Morgan fingerprint density at radius 3 is 2.14 bits per heavy atom. The van der Waals surface area contributed by atoms with E-state index in [-0.39, 0.29) is 11.8 Å². The van der Waals surface area contributed by atoms with Crippen molar-refractivity contribution < 1.29 is 9.59 Å². The Morgan fingerprint density at radius 1 is 0.931 bits per heavy atom. The standard InChI is InChI=1S/C25H32N2O2/c1-27(19-22-15-9-4-10-16-22)25(29)23(17-20-11-5-2-6-12-20)26-24(28)18-21-13-7-3-8-14-21/h2,4-6,9-12,15-16,21,23H,3,7-8,13-14,17-19H2,1H3,(H,26,28)/t23-/m0/s1. The first kappa shape index (κ1) is 21.1. The van der Waals surface area contributed by atoms with E-state index in [1.165, 1.54) is 19.3 Å². The zero-order chi connectivity index (χ0) is 20.5. The average Bonchev–Trinajstić information content (AvgIpc) is 2.75. The number of amides is 2. The molecule has 1 aliphatic rings. The molecule has 0 spiro atoms. The number of hydrogen-bond acceptors (Lipinski definition) is 2. The summed E-state index contributed by atoms with van der Waals surface area (Å²) in [6.07, 6.45) is 6.99. The van der Waals surface area contributed by atoms with Gasteiger partial charge in [0.2, 0.25) is 11.8 Å². The molecule has 1 saturated carbocycles. The van der Waals surface area contributed by atoms with Crippen LogP contribution >= 0.6 is 0 Å². The molecule has 1 aliphatic carbocycles. The molecule has 0 unspecified atom stereocenters. The first-order chi connectivity index (χ1) is 14.1. The van der Waals surface area contributed by atoms with Gasteiger partial charge in [-0.05, 0) is 29.9 Å². The summed E-state index contributed by atoms with van der Waals surface area (Å²) in [5.74, 6) is 0.410. The summed E-state index contributed by atoms with van der Waals surface area (Å²) in [4.78, 5) is 27.6. The van der Waals surface area contributed by atoms with E-state index in [4.69, 9.17) is 0 Å². The van der Waals surface area contributed by atoms with Gasteiger partial charge in [-0.25, -0.2) is 0 Å². The Balaban J connectivity index is 1.65. The Hall–Kier alpha value is -2.62. The van der Waals surface area contributed by atoms with Crippen molar-refractivity contribution >= 4 is 11.8 Å². The van der Waals surface area contributed by atoms with E-state index in [2.05, 4.69) is 5.32 Å². The maximum atomic E-state index is 13.2. The van der Waals surface area contributed by atoms with Crippen LogP contribution in [0.4, 0.5) is 0 Å². The van der Waals surface area contributed by atoms with Crippen LogP contribution in [0.3, 0.4) is 0 Å². The fourth-order valence-electron chi connectivity index (χ4n) is 4.16. The van der Waals surface area contributed by atoms with Crippen molar-refractivity contribution in [2.75, 3.05) is 7.05 Å². The van der Waals surface area contributed by atoms with Crippen LogP contribution in [-0.4, -0.2) is 29.8 Å². The third-order valence-electron chi connectivity index (χ3n) is 5.75. The van der Waals surface area contributed by atoms with E-state index >= 15 is 0 Å². The molecule has 1 fully saturated rings. The lowest BCUT2D eigenvalue weighted by Crippen LogP contribution is -2.48. The molecule has 3 rings (SSSR count). The molecule has 1 atom stereocenters. The van der Waals surface area contributed by atoms with Crippen LogP contribution < -0.4 is 5.32 Å². The zero-order valence-electron chi connectivity index (χ0n) is 17.3. The molecule has 1 N–H and O–H groups in total. The third-order valence-corrected chi connectivity index (χ3v) is 5.75. The van der Waals surface area contributed by atoms with Gasteiger partial charge < -0.3 is 10.2 Å². The van der Waals surface area contributed by atoms with E-state index in [9.17, 15) is 9.59 Å². The van der Waals surface area contributed by atoms with Crippen molar-refractivity contribution in [2.45, 2.75) is 57.5 Å². The normalized spacial score (nSPS) is 15.5. The molecule has 0 radical (unpaired) electrons. The molecule has 2 amide bonds. The van der Waals surface area contributed by atoms with Gasteiger partial charge in [-0.1, -0.05) is 79.9 Å². The summed E-state index contributed by atoms with van der Waals surface area (Å²) >= 11 is 0. The molecule has 0 bridgehead atoms. The van der Waals surface area contributed by atoms with Crippen molar-refractivity contribution in [1.82, 2.24) is 10.2 Å². The number of carbonyl (C=O) groups excluding carboxylic acids is 2. The van der Waals surface area contributed by atoms with Gasteiger partial charge in [-0.15, -0.1) is 0 Å². The number of likely N-dealkylation sites (N-methyl/N-ethyl adjacent to an activating group) is 1. The minimum atomic E-state index is -0.540. The lowest BCUT2D eigenvalue weighted by Gasteiger charge is -2.26. The molecule has 4 nitrogen and oxygen atoms in total. The van der Waals surface area contributed by atoms with Crippen molar-refractivity contribution in [3.63, 3.8) is 0 Å². The second-order valence-corrected chi connectivity index (χ2v) is 8.20. The van der Waals surface area contributed by atoms with E-state index in [0.29, 0.717) is 25.3 Å². The molecule has 29 heavy (non-hydrogen) atoms. The number of carbonyl (C=O) groups is 2. The van der Waals surface area contributed by atoms with Gasteiger partial charge in [0.25, 0.3) is 0 Å². The monoisotopic (exact) mass is 392 g/mol. The minimum absolute atomic E-state index is 0.000655. The van der Waals surface area contributed by atoms with E-state index < -0.39 is 6.04 Å².